The second-order valence-electron chi connectivity index (χ2n) is 4.89. The Morgan fingerprint density at radius 1 is 1.29 bits per heavy atom. The Kier molecular flexibility index (Phi) is 4.29. The summed E-state index contributed by atoms with van der Waals surface area (Å²) < 4.78 is 27.4. The van der Waals surface area contributed by atoms with Crippen LogP contribution >= 0.6 is 27.5 Å². The summed E-state index contributed by atoms with van der Waals surface area (Å²) in [5.41, 5.74) is 0.295. The molecule has 0 saturated carbocycles. The fourth-order valence-corrected chi connectivity index (χ4v) is 4.12. The SMILES string of the molecule is Cc1cc(Br)c(S(=O)(=O)NC(C)(C)C)cc1Cl. The van der Waals surface area contributed by atoms with E-state index < -0.39 is 15.6 Å². The van der Waals surface area contributed by atoms with E-state index in [0.29, 0.717) is 9.50 Å². The molecule has 0 amide bonds. The first-order chi connectivity index (χ1) is 7.53. The van der Waals surface area contributed by atoms with Gasteiger partial charge in [-0.05, 0) is 61.3 Å². The Morgan fingerprint density at radius 3 is 2.29 bits per heavy atom. The van der Waals surface area contributed by atoms with Crippen LogP contribution in [0.3, 0.4) is 0 Å². The molecule has 0 saturated heterocycles. The number of benzene rings is 1. The lowest BCUT2D eigenvalue weighted by Gasteiger charge is -2.21. The third-order valence-corrected chi connectivity index (χ3v) is 5.07. The van der Waals surface area contributed by atoms with Crippen molar-refractivity contribution in [2.45, 2.75) is 38.1 Å². The monoisotopic (exact) mass is 339 g/mol. The summed E-state index contributed by atoms with van der Waals surface area (Å²) in [6.45, 7) is 7.18. The molecule has 0 aliphatic heterocycles. The van der Waals surface area contributed by atoms with Gasteiger partial charge in [0.25, 0.3) is 0 Å². The van der Waals surface area contributed by atoms with Crippen LogP contribution < -0.4 is 4.72 Å². The second kappa shape index (κ2) is 4.88. The molecule has 17 heavy (non-hydrogen) atoms. The molecule has 1 aromatic carbocycles. The van der Waals surface area contributed by atoms with Crippen LogP contribution in [0.4, 0.5) is 0 Å². The number of rotatable bonds is 2. The molecule has 0 aliphatic rings. The number of hydrogen-bond acceptors (Lipinski definition) is 2. The van der Waals surface area contributed by atoms with Gasteiger partial charge < -0.3 is 0 Å². The van der Waals surface area contributed by atoms with Gasteiger partial charge in [0.1, 0.15) is 0 Å². The maximum atomic E-state index is 12.1. The van der Waals surface area contributed by atoms with E-state index in [1.165, 1.54) is 6.07 Å². The Morgan fingerprint density at radius 2 is 1.82 bits per heavy atom. The topological polar surface area (TPSA) is 46.2 Å². The summed E-state index contributed by atoms with van der Waals surface area (Å²) in [7, 11) is -3.57. The third kappa shape index (κ3) is 3.95. The van der Waals surface area contributed by atoms with E-state index >= 15 is 0 Å². The number of halogens is 2. The van der Waals surface area contributed by atoms with Crippen molar-refractivity contribution in [3.63, 3.8) is 0 Å². The minimum atomic E-state index is -3.57. The van der Waals surface area contributed by atoms with Gasteiger partial charge in [-0.3, -0.25) is 0 Å². The molecule has 1 rings (SSSR count). The number of hydrogen-bond donors (Lipinski definition) is 1. The van der Waals surface area contributed by atoms with E-state index in [0.717, 1.165) is 5.56 Å². The zero-order valence-corrected chi connectivity index (χ0v) is 13.3. The van der Waals surface area contributed by atoms with Gasteiger partial charge in [0.2, 0.25) is 10.0 Å². The summed E-state index contributed by atoms with van der Waals surface area (Å²) in [4.78, 5) is 0.156. The minimum Gasteiger partial charge on any atom is -0.207 e. The van der Waals surface area contributed by atoms with Crippen LogP contribution in [0.2, 0.25) is 5.02 Å². The lowest BCUT2D eigenvalue weighted by Crippen LogP contribution is -2.40. The predicted molar refractivity (Wildman–Crippen MR) is 74.0 cm³/mol. The van der Waals surface area contributed by atoms with E-state index in [1.54, 1.807) is 26.8 Å². The Bertz CT molecular complexity index is 535. The predicted octanol–water partition coefficient (Wildman–Crippen LogP) is 3.49. The summed E-state index contributed by atoms with van der Waals surface area (Å²) in [5, 5.41) is 0.433. The Balaban J connectivity index is 3.30. The lowest BCUT2D eigenvalue weighted by atomic mass is 10.1. The molecule has 6 heteroatoms. The van der Waals surface area contributed by atoms with Crippen LogP contribution in [-0.2, 0) is 10.0 Å². The highest BCUT2D eigenvalue weighted by molar-refractivity contribution is 9.10. The summed E-state index contributed by atoms with van der Waals surface area (Å²) in [5.74, 6) is 0. The van der Waals surface area contributed by atoms with E-state index in [9.17, 15) is 8.42 Å². The summed E-state index contributed by atoms with van der Waals surface area (Å²) in [6, 6.07) is 3.15. The highest BCUT2D eigenvalue weighted by atomic mass is 79.9. The first kappa shape index (κ1) is 15.0. The van der Waals surface area contributed by atoms with Gasteiger partial charge in [-0.1, -0.05) is 11.6 Å². The van der Waals surface area contributed by atoms with E-state index in [-0.39, 0.29) is 4.90 Å². The molecule has 1 N–H and O–H groups in total. The third-order valence-electron chi connectivity index (χ3n) is 1.94. The molecule has 0 unspecified atom stereocenters. The van der Waals surface area contributed by atoms with Crippen LogP contribution in [0.1, 0.15) is 26.3 Å². The van der Waals surface area contributed by atoms with Crippen molar-refractivity contribution in [1.29, 1.82) is 0 Å². The van der Waals surface area contributed by atoms with Gasteiger partial charge >= 0.3 is 0 Å². The molecule has 96 valence electrons. The second-order valence-corrected chi connectivity index (χ2v) is 7.80. The number of aryl methyl sites for hydroxylation is 1. The van der Waals surface area contributed by atoms with Gasteiger partial charge in [-0.15, -0.1) is 0 Å². The first-order valence-corrected chi connectivity index (χ1v) is 7.68. The van der Waals surface area contributed by atoms with E-state index in [1.807, 2.05) is 6.92 Å². The van der Waals surface area contributed by atoms with Crippen molar-refractivity contribution in [3.8, 4) is 0 Å². The molecule has 0 heterocycles. The van der Waals surface area contributed by atoms with Crippen molar-refractivity contribution in [3.05, 3.63) is 27.2 Å². The molecule has 0 aliphatic carbocycles. The fourth-order valence-electron chi connectivity index (χ4n) is 1.29. The van der Waals surface area contributed by atoms with E-state index in [2.05, 4.69) is 20.7 Å². The quantitative estimate of drug-likeness (QED) is 0.896. The molecule has 0 aromatic heterocycles. The van der Waals surface area contributed by atoms with Crippen molar-refractivity contribution in [1.82, 2.24) is 4.72 Å². The molecular weight excluding hydrogens is 326 g/mol. The molecule has 0 spiro atoms. The molecule has 3 nitrogen and oxygen atoms in total. The highest BCUT2D eigenvalue weighted by Crippen LogP contribution is 2.29. The molecule has 0 bridgehead atoms. The van der Waals surface area contributed by atoms with Gasteiger partial charge in [-0.25, -0.2) is 13.1 Å². The number of sulfonamides is 1. The maximum Gasteiger partial charge on any atom is 0.242 e. The van der Waals surface area contributed by atoms with Gasteiger partial charge in [0.05, 0.1) is 4.90 Å². The summed E-state index contributed by atoms with van der Waals surface area (Å²) in [6.07, 6.45) is 0. The standard InChI is InChI=1S/C11H15BrClNO2S/c1-7-5-8(12)10(6-9(7)13)17(15,16)14-11(2,3)4/h5-6,14H,1-4H3. The van der Waals surface area contributed by atoms with Crippen molar-refractivity contribution in [2.24, 2.45) is 0 Å². The van der Waals surface area contributed by atoms with Gasteiger partial charge in [0, 0.05) is 15.0 Å². The fraction of sp³-hybridized carbons (Fsp3) is 0.455. The van der Waals surface area contributed by atoms with Crippen LogP contribution in [0.15, 0.2) is 21.5 Å². The Hall–Kier alpha value is -0.100. The maximum absolute atomic E-state index is 12.1. The Labute approximate surface area is 116 Å². The van der Waals surface area contributed by atoms with Gasteiger partial charge in [0.15, 0.2) is 0 Å². The van der Waals surface area contributed by atoms with Crippen LogP contribution in [-0.4, -0.2) is 14.0 Å². The average Bonchev–Trinajstić information content (AvgIpc) is 2.06. The van der Waals surface area contributed by atoms with E-state index in [4.69, 9.17) is 11.6 Å². The highest BCUT2D eigenvalue weighted by Gasteiger charge is 2.24. The zero-order chi connectivity index (χ0) is 13.4. The van der Waals surface area contributed by atoms with Gasteiger partial charge in [-0.2, -0.15) is 0 Å². The first-order valence-electron chi connectivity index (χ1n) is 5.02. The van der Waals surface area contributed by atoms with Crippen LogP contribution in [0, 0.1) is 6.92 Å². The van der Waals surface area contributed by atoms with Crippen LogP contribution in [0.5, 0.6) is 0 Å². The minimum absolute atomic E-state index is 0.156. The normalized spacial score (nSPS) is 12.8. The van der Waals surface area contributed by atoms with Crippen molar-refractivity contribution < 1.29 is 8.42 Å². The summed E-state index contributed by atoms with van der Waals surface area (Å²) >= 11 is 9.20. The smallest absolute Gasteiger partial charge is 0.207 e. The molecular formula is C11H15BrClNO2S. The molecule has 0 atom stereocenters. The van der Waals surface area contributed by atoms with Crippen molar-refractivity contribution in [2.75, 3.05) is 0 Å². The average molecular weight is 341 g/mol. The molecule has 1 aromatic rings. The van der Waals surface area contributed by atoms with Crippen molar-refractivity contribution >= 4 is 37.6 Å². The lowest BCUT2D eigenvalue weighted by molar-refractivity contribution is 0.491. The molecule has 0 fully saturated rings. The largest absolute Gasteiger partial charge is 0.242 e. The zero-order valence-electron chi connectivity index (χ0n) is 10.1. The van der Waals surface area contributed by atoms with Crippen LogP contribution in [0.25, 0.3) is 0 Å². The number of nitrogens with one attached hydrogen (secondary N) is 1. The molecule has 0 radical (unpaired) electrons.